The maximum atomic E-state index is 13.6. The summed E-state index contributed by atoms with van der Waals surface area (Å²) in [6.07, 6.45) is -1.35. The van der Waals surface area contributed by atoms with Crippen molar-refractivity contribution in [2.45, 2.75) is 10.3 Å². The van der Waals surface area contributed by atoms with E-state index in [2.05, 4.69) is 0 Å². The van der Waals surface area contributed by atoms with Gasteiger partial charge in [0.05, 0.1) is 16.4 Å². The average molecular weight is 441 g/mol. The number of nitro benzene ring substituents is 1. The maximum absolute atomic E-state index is 13.6. The third-order valence-electron chi connectivity index (χ3n) is 5.41. The lowest BCUT2D eigenvalue weighted by molar-refractivity contribution is -0.384. The van der Waals surface area contributed by atoms with Crippen LogP contribution in [0.15, 0.2) is 71.6 Å². The second kappa shape index (κ2) is 7.88. The fourth-order valence-corrected chi connectivity index (χ4v) is 5.89. The van der Waals surface area contributed by atoms with E-state index in [0.717, 1.165) is 10.3 Å². The Bertz CT molecular complexity index is 1270. The quantitative estimate of drug-likeness (QED) is 0.487. The van der Waals surface area contributed by atoms with Gasteiger partial charge in [0, 0.05) is 24.5 Å². The third kappa shape index (κ3) is 3.66. The van der Waals surface area contributed by atoms with Crippen molar-refractivity contribution in [3.05, 3.63) is 76.8 Å². The monoisotopic (exact) mass is 441 g/mol. The molecule has 4 rings (SSSR count). The van der Waals surface area contributed by atoms with E-state index >= 15 is 0 Å². The van der Waals surface area contributed by atoms with Crippen LogP contribution in [-0.2, 0) is 9.84 Å². The van der Waals surface area contributed by atoms with Crippen molar-refractivity contribution in [1.29, 1.82) is 0 Å². The number of benzene rings is 3. The Morgan fingerprint density at radius 2 is 1.68 bits per heavy atom. The molecule has 0 bridgehead atoms. The molecule has 0 radical (unpaired) electrons. The van der Waals surface area contributed by atoms with Crippen LogP contribution in [0.25, 0.3) is 10.8 Å². The number of carboxylic acid groups (broad SMARTS) is 1. The number of sulfone groups is 1. The van der Waals surface area contributed by atoms with Crippen molar-refractivity contribution in [1.82, 2.24) is 4.90 Å². The topological polar surface area (TPSA) is 121 Å². The largest absolute Gasteiger partial charge is 0.465 e. The van der Waals surface area contributed by atoms with Gasteiger partial charge in [-0.1, -0.05) is 48.5 Å². The molecule has 1 fully saturated rings. The molecule has 1 heterocycles. The molecule has 10 heteroatoms. The minimum atomic E-state index is -4.12. The molecule has 0 aliphatic carbocycles. The molecule has 1 unspecified atom stereocenters. The van der Waals surface area contributed by atoms with E-state index in [9.17, 15) is 28.4 Å². The van der Waals surface area contributed by atoms with E-state index in [1.807, 2.05) is 0 Å². The Morgan fingerprint density at radius 1 is 1.00 bits per heavy atom. The highest BCUT2D eigenvalue weighted by Crippen LogP contribution is 2.33. The van der Waals surface area contributed by atoms with Crippen LogP contribution >= 0.6 is 0 Å². The number of anilines is 1. The van der Waals surface area contributed by atoms with Crippen molar-refractivity contribution >= 4 is 38.1 Å². The first-order chi connectivity index (χ1) is 14.8. The average Bonchev–Trinajstić information content (AvgIpc) is 2.78. The fourth-order valence-electron chi connectivity index (χ4n) is 3.93. The lowest BCUT2D eigenvalue weighted by atomic mass is 10.1. The molecule has 0 aromatic heterocycles. The van der Waals surface area contributed by atoms with E-state index in [1.165, 1.54) is 24.3 Å². The van der Waals surface area contributed by atoms with Crippen molar-refractivity contribution in [3.8, 4) is 0 Å². The lowest BCUT2D eigenvalue weighted by Gasteiger charge is -2.40. The molecule has 0 spiro atoms. The molecule has 1 N–H and O–H groups in total. The molecule has 3 aromatic carbocycles. The SMILES string of the molecule is O=C(O)N1CCN(c2ccccc2[N+](=O)[O-])CC1S(=O)(=O)c1cccc2ccccc12. The highest BCUT2D eigenvalue weighted by atomic mass is 32.2. The smallest absolute Gasteiger partial charge is 0.408 e. The van der Waals surface area contributed by atoms with Gasteiger partial charge in [0.25, 0.3) is 5.69 Å². The Labute approximate surface area is 178 Å². The molecule has 3 aromatic rings. The van der Waals surface area contributed by atoms with Gasteiger partial charge in [-0.25, -0.2) is 13.2 Å². The molecular weight excluding hydrogens is 422 g/mol. The summed E-state index contributed by atoms with van der Waals surface area (Å²) in [6.45, 7) is -0.183. The van der Waals surface area contributed by atoms with Crippen LogP contribution in [0, 0.1) is 10.1 Å². The van der Waals surface area contributed by atoms with Crippen molar-refractivity contribution in [2.24, 2.45) is 0 Å². The second-order valence-electron chi connectivity index (χ2n) is 7.14. The molecule has 1 saturated heterocycles. The van der Waals surface area contributed by atoms with E-state index in [4.69, 9.17) is 0 Å². The summed E-state index contributed by atoms with van der Waals surface area (Å²) in [6, 6.07) is 17.9. The van der Waals surface area contributed by atoms with Crippen molar-refractivity contribution in [2.75, 3.05) is 24.5 Å². The number of hydrogen-bond donors (Lipinski definition) is 1. The molecule has 1 amide bonds. The number of amides is 1. The second-order valence-corrected chi connectivity index (χ2v) is 9.22. The maximum Gasteiger partial charge on any atom is 0.408 e. The number of nitro groups is 1. The minimum absolute atomic E-state index is 0.0336. The van der Waals surface area contributed by atoms with Gasteiger partial charge in [0.15, 0.2) is 5.37 Å². The zero-order chi connectivity index (χ0) is 22.2. The highest BCUT2D eigenvalue weighted by molar-refractivity contribution is 7.92. The number of para-hydroxylation sites is 2. The molecule has 1 atom stereocenters. The van der Waals surface area contributed by atoms with Gasteiger partial charge in [-0.3, -0.25) is 15.0 Å². The summed E-state index contributed by atoms with van der Waals surface area (Å²) < 4.78 is 27.3. The van der Waals surface area contributed by atoms with Crippen LogP contribution in [-0.4, -0.2) is 54.4 Å². The summed E-state index contributed by atoms with van der Waals surface area (Å²) in [5, 5.41) is 20.9. The number of hydrogen-bond acceptors (Lipinski definition) is 6. The van der Waals surface area contributed by atoms with Gasteiger partial charge < -0.3 is 10.0 Å². The van der Waals surface area contributed by atoms with Crippen LogP contribution in [0.4, 0.5) is 16.2 Å². The number of fused-ring (bicyclic) bond motifs is 1. The molecule has 1 aliphatic heterocycles. The van der Waals surface area contributed by atoms with E-state index in [0.29, 0.717) is 5.39 Å². The fraction of sp³-hybridized carbons (Fsp3) is 0.190. The lowest BCUT2D eigenvalue weighted by Crippen LogP contribution is -2.58. The Balaban J connectivity index is 1.80. The molecule has 9 nitrogen and oxygen atoms in total. The number of nitrogens with zero attached hydrogens (tertiary/aromatic N) is 3. The summed E-state index contributed by atoms with van der Waals surface area (Å²) in [5.74, 6) is 0. The predicted octanol–water partition coefficient (Wildman–Crippen LogP) is 3.35. The summed E-state index contributed by atoms with van der Waals surface area (Å²) in [5.41, 5.74) is 0.100. The zero-order valence-electron chi connectivity index (χ0n) is 16.3. The predicted molar refractivity (Wildman–Crippen MR) is 115 cm³/mol. The summed E-state index contributed by atoms with van der Waals surface area (Å²) in [4.78, 5) is 25.2. The Kier molecular flexibility index (Phi) is 5.24. The van der Waals surface area contributed by atoms with Crippen LogP contribution in [0.5, 0.6) is 0 Å². The van der Waals surface area contributed by atoms with Crippen LogP contribution in [0.1, 0.15) is 0 Å². The first-order valence-corrected chi connectivity index (χ1v) is 11.0. The highest BCUT2D eigenvalue weighted by Gasteiger charge is 2.41. The van der Waals surface area contributed by atoms with Crippen molar-refractivity contribution < 1.29 is 23.2 Å². The number of rotatable bonds is 4. The molecule has 1 aliphatic rings. The summed E-state index contributed by atoms with van der Waals surface area (Å²) in [7, 11) is -4.12. The molecule has 0 saturated carbocycles. The minimum Gasteiger partial charge on any atom is -0.465 e. The first-order valence-electron chi connectivity index (χ1n) is 9.50. The van der Waals surface area contributed by atoms with Gasteiger partial charge in [-0.15, -0.1) is 0 Å². The van der Waals surface area contributed by atoms with E-state index in [1.54, 1.807) is 47.4 Å². The van der Waals surface area contributed by atoms with Gasteiger partial charge in [0.1, 0.15) is 5.69 Å². The Morgan fingerprint density at radius 3 is 2.42 bits per heavy atom. The van der Waals surface area contributed by atoms with Gasteiger partial charge >= 0.3 is 6.09 Å². The molecule has 160 valence electrons. The van der Waals surface area contributed by atoms with E-state index in [-0.39, 0.29) is 35.9 Å². The zero-order valence-corrected chi connectivity index (χ0v) is 17.1. The van der Waals surface area contributed by atoms with E-state index < -0.39 is 26.2 Å². The summed E-state index contributed by atoms with van der Waals surface area (Å²) >= 11 is 0. The van der Waals surface area contributed by atoms with Crippen molar-refractivity contribution in [3.63, 3.8) is 0 Å². The van der Waals surface area contributed by atoms with Gasteiger partial charge in [-0.05, 0) is 17.5 Å². The van der Waals surface area contributed by atoms with Gasteiger partial charge in [-0.2, -0.15) is 0 Å². The number of carbonyl (C=O) groups is 1. The third-order valence-corrected chi connectivity index (χ3v) is 7.50. The normalized spacial score (nSPS) is 17.0. The van der Waals surface area contributed by atoms with Crippen LogP contribution in [0.2, 0.25) is 0 Å². The standard InChI is InChI=1S/C21H19N3O6S/c25-21(26)23-13-12-22(17-9-3-4-10-18(17)24(27)28)14-20(23)31(29,30)19-11-5-7-15-6-1-2-8-16(15)19/h1-11,20H,12-14H2,(H,25,26). The Hall–Kier alpha value is -3.66. The molecule has 31 heavy (non-hydrogen) atoms. The molecular formula is C21H19N3O6S. The first kappa shape index (κ1) is 20.6. The van der Waals surface area contributed by atoms with Crippen LogP contribution < -0.4 is 4.90 Å². The number of piperazine rings is 1. The van der Waals surface area contributed by atoms with Gasteiger partial charge in [0.2, 0.25) is 9.84 Å². The van der Waals surface area contributed by atoms with Crippen LogP contribution in [0.3, 0.4) is 0 Å².